The average molecular weight is 497 g/mol. The van der Waals surface area contributed by atoms with Gasteiger partial charge in [-0.2, -0.15) is 0 Å². The number of fused-ring (bicyclic) bond motifs is 7. The maximum atomic E-state index is 10.7. The third kappa shape index (κ3) is 3.26. The number of hydrogen-bond acceptors (Lipinski definition) is 3. The van der Waals surface area contributed by atoms with Gasteiger partial charge in [0.2, 0.25) is 0 Å². The van der Waals surface area contributed by atoms with Crippen molar-refractivity contribution in [3.05, 3.63) is 114 Å². The average Bonchev–Trinajstić information content (AvgIpc) is 3.26. The molecule has 3 heteroatoms. The normalized spacial score (nSPS) is 24.7. The maximum Gasteiger partial charge on any atom is 0.106 e. The van der Waals surface area contributed by atoms with Gasteiger partial charge in [-0.1, -0.05) is 99.3 Å². The van der Waals surface area contributed by atoms with Crippen LogP contribution < -0.4 is 0 Å². The zero-order valence-corrected chi connectivity index (χ0v) is 22.9. The summed E-state index contributed by atoms with van der Waals surface area (Å²) in [7, 11) is 0. The molecule has 0 fully saturated rings. The number of hydrogen-bond donors (Lipinski definition) is 1. The molecule has 0 bridgehead atoms. The topological polar surface area (TPSA) is 29.5 Å². The standard InChI is InChI=1S/C33H36O2S/c1-8-9-21-32(7)22(2)23-15-10-12-17-25(23)33(32)26-18-13-11-16-24(26)29-27(33)19-14-20-28(29)36-35-31(5,6)30(3,4)34/h8-22,34H,1H2,2-7H3/b21-9-. The molecule has 3 atom stereocenters. The van der Waals surface area contributed by atoms with Crippen LogP contribution >= 0.6 is 12.0 Å². The fraction of sp³-hybridized carbons (Fsp3) is 0.333. The summed E-state index contributed by atoms with van der Waals surface area (Å²) in [5.41, 5.74) is 5.65. The second kappa shape index (κ2) is 8.48. The van der Waals surface area contributed by atoms with Gasteiger partial charge in [0.25, 0.3) is 0 Å². The maximum absolute atomic E-state index is 10.7. The molecule has 2 nitrogen and oxygen atoms in total. The van der Waals surface area contributed by atoms with Gasteiger partial charge in [0.05, 0.1) is 11.0 Å². The summed E-state index contributed by atoms with van der Waals surface area (Å²) in [6, 6.07) is 24.4. The van der Waals surface area contributed by atoms with Crippen molar-refractivity contribution in [1.29, 1.82) is 0 Å². The van der Waals surface area contributed by atoms with E-state index < -0.39 is 11.2 Å². The predicted octanol–water partition coefficient (Wildman–Crippen LogP) is 8.44. The molecule has 36 heavy (non-hydrogen) atoms. The summed E-state index contributed by atoms with van der Waals surface area (Å²) >= 11 is 1.37. The zero-order valence-electron chi connectivity index (χ0n) is 22.1. The lowest BCUT2D eigenvalue weighted by Crippen LogP contribution is -2.45. The number of benzene rings is 3. The molecule has 3 aromatic carbocycles. The molecule has 0 amide bonds. The first-order valence-electron chi connectivity index (χ1n) is 12.7. The quantitative estimate of drug-likeness (QED) is 0.274. The van der Waals surface area contributed by atoms with Crippen LogP contribution in [0.4, 0.5) is 0 Å². The van der Waals surface area contributed by atoms with Gasteiger partial charge >= 0.3 is 0 Å². The van der Waals surface area contributed by atoms with Gasteiger partial charge in [-0.15, -0.1) is 0 Å². The van der Waals surface area contributed by atoms with Crippen molar-refractivity contribution < 1.29 is 9.29 Å². The van der Waals surface area contributed by atoms with Gasteiger partial charge in [-0.05, 0) is 67.5 Å². The van der Waals surface area contributed by atoms with Gasteiger partial charge in [0.1, 0.15) is 5.60 Å². The highest BCUT2D eigenvalue weighted by molar-refractivity contribution is 7.94. The van der Waals surface area contributed by atoms with E-state index >= 15 is 0 Å². The van der Waals surface area contributed by atoms with E-state index in [1.165, 1.54) is 45.4 Å². The third-order valence-corrected chi connectivity index (χ3v) is 9.98. The summed E-state index contributed by atoms with van der Waals surface area (Å²) in [6.07, 6.45) is 6.36. The summed E-state index contributed by atoms with van der Waals surface area (Å²) in [5, 5.41) is 10.7. The predicted molar refractivity (Wildman–Crippen MR) is 151 cm³/mol. The molecule has 3 unspecified atom stereocenters. The molecule has 0 aliphatic heterocycles. The molecule has 0 radical (unpaired) electrons. The van der Waals surface area contributed by atoms with Crippen LogP contribution in [0.5, 0.6) is 0 Å². The Morgan fingerprint density at radius 1 is 0.917 bits per heavy atom. The molecule has 0 saturated heterocycles. The van der Waals surface area contributed by atoms with Crippen molar-refractivity contribution in [3.8, 4) is 11.1 Å². The van der Waals surface area contributed by atoms with E-state index in [2.05, 4.69) is 99.3 Å². The van der Waals surface area contributed by atoms with Crippen LogP contribution in [-0.2, 0) is 9.60 Å². The van der Waals surface area contributed by atoms with E-state index in [1.54, 1.807) is 13.8 Å². The van der Waals surface area contributed by atoms with Gasteiger partial charge in [0.15, 0.2) is 0 Å². The second-order valence-electron chi connectivity index (χ2n) is 11.4. The van der Waals surface area contributed by atoms with Crippen LogP contribution in [0, 0.1) is 5.41 Å². The van der Waals surface area contributed by atoms with Gasteiger partial charge in [-0.3, -0.25) is 0 Å². The van der Waals surface area contributed by atoms with E-state index in [4.69, 9.17) is 4.18 Å². The Hall–Kier alpha value is -2.59. The van der Waals surface area contributed by atoms with Crippen LogP contribution in [0.15, 0.2) is 96.4 Å². The molecular formula is C33H36O2S. The van der Waals surface area contributed by atoms with E-state index in [-0.39, 0.29) is 10.8 Å². The first kappa shape index (κ1) is 25.1. The number of allylic oxidation sites excluding steroid dienone is 3. The van der Waals surface area contributed by atoms with Crippen molar-refractivity contribution >= 4 is 12.0 Å². The molecule has 1 spiro atoms. The van der Waals surface area contributed by atoms with Gasteiger partial charge < -0.3 is 9.29 Å². The monoisotopic (exact) mass is 496 g/mol. The summed E-state index contributed by atoms with van der Waals surface area (Å²) in [4.78, 5) is 1.07. The largest absolute Gasteiger partial charge is 0.387 e. The SMILES string of the molecule is C=C/C=C\C1(C)C(C)c2ccccc2C12c1ccccc1-c1c(SOC(C)(C)C(C)(C)O)cccc12. The molecule has 2 aliphatic rings. The Morgan fingerprint density at radius 3 is 2.25 bits per heavy atom. The molecule has 5 rings (SSSR count). The minimum absolute atomic E-state index is 0.206. The van der Waals surface area contributed by atoms with Crippen molar-refractivity contribution in [3.63, 3.8) is 0 Å². The Morgan fingerprint density at radius 2 is 1.56 bits per heavy atom. The second-order valence-corrected chi connectivity index (χ2v) is 12.2. The summed E-state index contributed by atoms with van der Waals surface area (Å²) in [5.74, 6) is 0.311. The fourth-order valence-corrected chi connectivity index (χ4v) is 7.12. The highest BCUT2D eigenvalue weighted by Crippen LogP contribution is 2.70. The molecule has 2 aliphatic carbocycles. The van der Waals surface area contributed by atoms with E-state index in [0.29, 0.717) is 5.92 Å². The lowest BCUT2D eigenvalue weighted by atomic mass is 9.57. The molecule has 186 valence electrons. The Kier molecular flexibility index (Phi) is 5.91. The van der Waals surface area contributed by atoms with Crippen LogP contribution in [0.2, 0.25) is 0 Å². The molecule has 3 aromatic rings. The minimum Gasteiger partial charge on any atom is -0.387 e. The first-order valence-corrected chi connectivity index (χ1v) is 13.5. The van der Waals surface area contributed by atoms with Crippen LogP contribution in [0.3, 0.4) is 0 Å². The first-order chi connectivity index (χ1) is 17.0. The Labute approximate surface area is 220 Å². The summed E-state index contributed by atoms with van der Waals surface area (Å²) < 4.78 is 6.32. The van der Waals surface area contributed by atoms with Crippen molar-refractivity contribution in [2.24, 2.45) is 5.41 Å². The van der Waals surface area contributed by atoms with E-state index in [9.17, 15) is 5.11 Å². The molecule has 0 saturated carbocycles. The lowest BCUT2D eigenvalue weighted by molar-refractivity contribution is -0.0813. The third-order valence-electron chi connectivity index (χ3n) is 8.96. The Balaban J connectivity index is 1.80. The van der Waals surface area contributed by atoms with Crippen LogP contribution in [-0.4, -0.2) is 16.3 Å². The molecular weight excluding hydrogens is 460 g/mol. The molecule has 1 N–H and O–H groups in total. The van der Waals surface area contributed by atoms with E-state index in [1.807, 2.05) is 19.9 Å². The van der Waals surface area contributed by atoms with Crippen molar-refractivity contribution in [2.45, 2.75) is 69.0 Å². The van der Waals surface area contributed by atoms with Crippen LogP contribution in [0.1, 0.15) is 69.7 Å². The van der Waals surface area contributed by atoms with Crippen LogP contribution in [0.25, 0.3) is 11.1 Å². The molecule has 0 aromatic heterocycles. The number of rotatable bonds is 6. The van der Waals surface area contributed by atoms with Crippen molar-refractivity contribution in [2.75, 3.05) is 0 Å². The summed E-state index contributed by atoms with van der Waals surface area (Å²) in [6.45, 7) is 16.2. The smallest absolute Gasteiger partial charge is 0.106 e. The highest BCUT2D eigenvalue weighted by Gasteiger charge is 2.62. The number of aliphatic hydroxyl groups is 1. The lowest BCUT2D eigenvalue weighted by Gasteiger charge is -2.44. The fourth-order valence-electron chi connectivity index (χ4n) is 6.18. The zero-order chi connectivity index (χ0) is 25.9. The highest BCUT2D eigenvalue weighted by atomic mass is 32.2. The van der Waals surface area contributed by atoms with E-state index in [0.717, 1.165) is 4.90 Å². The van der Waals surface area contributed by atoms with Gasteiger partial charge in [0, 0.05) is 27.9 Å². The van der Waals surface area contributed by atoms with Crippen molar-refractivity contribution in [1.82, 2.24) is 0 Å². The van der Waals surface area contributed by atoms with Gasteiger partial charge in [-0.25, -0.2) is 0 Å². The minimum atomic E-state index is -0.981. The molecule has 0 heterocycles. The Bertz CT molecular complexity index is 1360.